The number of ketones is 1. The summed E-state index contributed by atoms with van der Waals surface area (Å²) in [6.07, 6.45) is 4.69. The predicted molar refractivity (Wildman–Crippen MR) is 132 cm³/mol. The third-order valence-electron chi connectivity index (χ3n) is 6.46. The van der Waals surface area contributed by atoms with E-state index in [2.05, 4.69) is 39.5 Å². The number of aromatic nitrogens is 1. The number of Topliss-reactive ketones (excluding diaryl/α,β-unsaturated/α-hetero) is 1. The Hall–Kier alpha value is -3.77. The largest absolute Gasteiger partial charge is 0.378 e. The van der Waals surface area contributed by atoms with Crippen molar-refractivity contribution in [2.75, 3.05) is 38.3 Å². The van der Waals surface area contributed by atoms with Gasteiger partial charge in [-0.2, -0.15) is 0 Å². The number of pyridine rings is 1. The minimum absolute atomic E-state index is 0.0915. The minimum Gasteiger partial charge on any atom is -0.378 e. The molecular formula is C28H27N3O3. The molecule has 0 unspecified atom stereocenters. The highest BCUT2D eigenvalue weighted by Crippen LogP contribution is 2.33. The second-order valence-electron chi connectivity index (χ2n) is 8.52. The molecular weight excluding hydrogens is 426 g/mol. The molecule has 1 fully saturated rings. The van der Waals surface area contributed by atoms with Crippen LogP contribution in [0.2, 0.25) is 0 Å². The van der Waals surface area contributed by atoms with Crippen molar-refractivity contribution in [1.82, 2.24) is 10.3 Å². The Kier molecular flexibility index (Phi) is 6.23. The highest BCUT2D eigenvalue weighted by Gasteiger charge is 2.24. The molecule has 0 atom stereocenters. The van der Waals surface area contributed by atoms with Crippen LogP contribution in [0.15, 0.2) is 66.9 Å². The van der Waals surface area contributed by atoms with Crippen molar-refractivity contribution < 1.29 is 14.3 Å². The summed E-state index contributed by atoms with van der Waals surface area (Å²) in [4.78, 5) is 31.8. The lowest BCUT2D eigenvalue weighted by Crippen LogP contribution is -2.36. The molecule has 0 bridgehead atoms. The third-order valence-corrected chi connectivity index (χ3v) is 6.46. The van der Waals surface area contributed by atoms with Crippen LogP contribution in [-0.2, 0) is 11.2 Å². The fourth-order valence-electron chi connectivity index (χ4n) is 4.64. The van der Waals surface area contributed by atoms with Crippen molar-refractivity contribution in [1.29, 1.82) is 0 Å². The quantitative estimate of drug-likeness (QED) is 0.635. The number of hydrogen-bond acceptors (Lipinski definition) is 5. The molecule has 2 heterocycles. The van der Waals surface area contributed by atoms with Crippen LogP contribution in [0.4, 0.5) is 5.69 Å². The van der Waals surface area contributed by atoms with E-state index < -0.39 is 0 Å². The second-order valence-corrected chi connectivity index (χ2v) is 8.52. The second kappa shape index (κ2) is 9.61. The number of amides is 1. The van der Waals surface area contributed by atoms with E-state index in [1.54, 1.807) is 13.2 Å². The summed E-state index contributed by atoms with van der Waals surface area (Å²) in [7, 11) is 1.62. The van der Waals surface area contributed by atoms with Crippen LogP contribution in [-0.4, -0.2) is 50.0 Å². The summed E-state index contributed by atoms with van der Waals surface area (Å²) >= 11 is 0. The fourth-order valence-corrected chi connectivity index (χ4v) is 4.64. The number of ether oxygens (including phenoxy) is 1. The zero-order valence-corrected chi connectivity index (χ0v) is 19.2. The molecule has 34 heavy (non-hydrogen) atoms. The Morgan fingerprint density at radius 3 is 2.47 bits per heavy atom. The lowest BCUT2D eigenvalue weighted by atomic mass is 9.84. The average Bonchev–Trinajstić information content (AvgIpc) is 2.90. The van der Waals surface area contributed by atoms with Crippen LogP contribution in [0.5, 0.6) is 0 Å². The van der Waals surface area contributed by atoms with Gasteiger partial charge in [0.15, 0.2) is 5.78 Å². The first-order chi connectivity index (χ1) is 16.6. The summed E-state index contributed by atoms with van der Waals surface area (Å²) in [5, 5.41) is 2.64. The van der Waals surface area contributed by atoms with Crippen molar-refractivity contribution in [3.63, 3.8) is 0 Å². The number of anilines is 1. The van der Waals surface area contributed by atoms with Gasteiger partial charge in [0.25, 0.3) is 5.91 Å². The topological polar surface area (TPSA) is 71.5 Å². The van der Waals surface area contributed by atoms with Gasteiger partial charge in [-0.1, -0.05) is 30.3 Å². The van der Waals surface area contributed by atoms with Crippen LogP contribution in [0.1, 0.15) is 49.5 Å². The molecule has 5 rings (SSSR count). The van der Waals surface area contributed by atoms with Gasteiger partial charge in [-0.25, -0.2) is 0 Å². The molecule has 3 aromatic rings. The Balaban J connectivity index is 1.41. The molecule has 1 aromatic heterocycles. The van der Waals surface area contributed by atoms with Gasteiger partial charge in [0, 0.05) is 56.0 Å². The molecule has 2 aliphatic rings. The number of benzene rings is 2. The van der Waals surface area contributed by atoms with Gasteiger partial charge < -0.3 is 15.0 Å². The predicted octanol–water partition coefficient (Wildman–Crippen LogP) is 3.89. The van der Waals surface area contributed by atoms with Crippen LogP contribution < -0.4 is 10.2 Å². The average molecular weight is 454 g/mol. The number of carbonyl (C=O) groups is 2. The van der Waals surface area contributed by atoms with Crippen molar-refractivity contribution >= 4 is 23.0 Å². The first-order valence-corrected chi connectivity index (χ1v) is 11.6. The highest BCUT2D eigenvalue weighted by atomic mass is 16.5. The van der Waals surface area contributed by atoms with E-state index in [0.29, 0.717) is 24.0 Å². The first-order valence-electron chi connectivity index (χ1n) is 11.6. The maximum Gasteiger partial charge on any atom is 0.251 e. The lowest BCUT2D eigenvalue weighted by Gasteiger charge is -2.29. The van der Waals surface area contributed by atoms with Crippen molar-refractivity contribution in [2.45, 2.75) is 12.8 Å². The summed E-state index contributed by atoms with van der Waals surface area (Å²) in [6.45, 7) is 3.32. The minimum atomic E-state index is -0.120. The molecule has 1 aliphatic heterocycles. The van der Waals surface area contributed by atoms with Gasteiger partial charge in [0.1, 0.15) is 0 Å². The molecule has 0 radical (unpaired) electrons. The molecule has 1 N–H and O–H groups in total. The van der Waals surface area contributed by atoms with E-state index in [1.165, 1.54) is 5.69 Å². The van der Waals surface area contributed by atoms with Gasteiger partial charge in [-0.05, 0) is 52.6 Å². The van der Waals surface area contributed by atoms with Crippen LogP contribution in [0.3, 0.4) is 0 Å². The Labute approximate surface area is 199 Å². The van der Waals surface area contributed by atoms with Crippen LogP contribution >= 0.6 is 0 Å². The van der Waals surface area contributed by atoms with E-state index in [4.69, 9.17) is 4.74 Å². The molecule has 6 heteroatoms. The van der Waals surface area contributed by atoms with Gasteiger partial charge >= 0.3 is 0 Å². The lowest BCUT2D eigenvalue weighted by molar-refractivity contribution is 0.0961. The zero-order valence-electron chi connectivity index (χ0n) is 19.2. The number of nitrogens with one attached hydrogen (secondary N) is 1. The van der Waals surface area contributed by atoms with Crippen LogP contribution in [0.25, 0.3) is 5.57 Å². The molecule has 6 nitrogen and oxygen atoms in total. The Bertz CT molecular complexity index is 1240. The zero-order chi connectivity index (χ0) is 23.5. The third kappa shape index (κ3) is 4.37. The highest BCUT2D eigenvalue weighted by molar-refractivity contribution is 6.07. The molecule has 1 saturated heterocycles. The van der Waals surface area contributed by atoms with E-state index in [1.807, 2.05) is 36.4 Å². The van der Waals surface area contributed by atoms with E-state index in [-0.39, 0.29) is 11.7 Å². The van der Waals surface area contributed by atoms with Gasteiger partial charge in [0.2, 0.25) is 0 Å². The number of hydrogen-bond donors (Lipinski definition) is 1. The summed E-state index contributed by atoms with van der Waals surface area (Å²) in [5.41, 5.74) is 7.31. The monoisotopic (exact) mass is 453 g/mol. The molecule has 1 amide bonds. The van der Waals surface area contributed by atoms with Crippen molar-refractivity contribution in [3.05, 3.63) is 100 Å². The van der Waals surface area contributed by atoms with Gasteiger partial charge in [-0.3, -0.25) is 14.6 Å². The molecule has 2 aromatic carbocycles. The van der Waals surface area contributed by atoms with Crippen molar-refractivity contribution in [3.8, 4) is 0 Å². The van der Waals surface area contributed by atoms with Crippen LogP contribution in [0, 0.1) is 0 Å². The maximum atomic E-state index is 13.0. The van der Waals surface area contributed by atoms with Gasteiger partial charge in [0.05, 0.1) is 18.9 Å². The van der Waals surface area contributed by atoms with E-state index in [9.17, 15) is 9.59 Å². The van der Waals surface area contributed by atoms with Gasteiger partial charge in [-0.15, -0.1) is 0 Å². The fraction of sp³-hybridized carbons (Fsp3) is 0.250. The number of rotatable bonds is 5. The molecule has 172 valence electrons. The SMILES string of the molecule is CNC(=O)c1ccc(C2=CCC(=O)c3c2ccnc3Cc2ccc(N3CCOCC3)cc2)cc1. The summed E-state index contributed by atoms with van der Waals surface area (Å²) in [6, 6.07) is 17.9. The Morgan fingerprint density at radius 2 is 1.76 bits per heavy atom. The number of carbonyl (C=O) groups excluding carboxylic acids is 2. The summed E-state index contributed by atoms with van der Waals surface area (Å²) < 4.78 is 5.44. The smallest absolute Gasteiger partial charge is 0.251 e. The summed E-state index contributed by atoms with van der Waals surface area (Å²) in [5.74, 6) is -0.0281. The number of allylic oxidation sites excluding steroid dienone is 1. The molecule has 0 saturated carbocycles. The Morgan fingerprint density at radius 1 is 1.03 bits per heavy atom. The van der Waals surface area contributed by atoms with E-state index in [0.717, 1.165) is 54.3 Å². The first kappa shape index (κ1) is 22.0. The van der Waals surface area contributed by atoms with E-state index >= 15 is 0 Å². The molecule has 0 spiro atoms. The maximum absolute atomic E-state index is 13.0. The number of morpholine rings is 1. The van der Waals surface area contributed by atoms with Crippen molar-refractivity contribution in [2.24, 2.45) is 0 Å². The standard InChI is InChI=1S/C28H27N3O3/c1-29-28(33)21-6-4-20(5-7-21)23-10-11-26(32)27-24(23)12-13-30-25(27)18-19-2-8-22(9-3-19)31-14-16-34-17-15-31/h2-10,12-13H,11,14-18H2,1H3,(H,29,33). The number of nitrogens with zero attached hydrogens (tertiary/aromatic N) is 2. The molecule has 1 aliphatic carbocycles. The number of fused-ring (bicyclic) bond motifs is 1. The normalized spacial score (nSPS) is 15.5.